The van der Waals surface area contributed by atoms with Gasteiger partial charge in [0.2, 0.25) is 5.12 Å². The molecule has 0 bridgehead atoms. The molecular weight excluding hydrogens is 621 g/mol. The molecule has 0 fully saturated rings. The number of aromatic amines is 1. The van der Waals surface area contributed by atoms with Gasteiger partial charge in [0.15, 0.2) is 0 Å². The Bertz CT molecular complexity index is 1600. The Labute approximate surface area is 269 Å². The van der Waals surface area contributed by atoms with Crippen molar-refractivity contribution in [3.63, 3.8) is 0 Å². The van der Waals surface area contributed by atoms with E-state index in [1.807, 2.05) is 46.7 Å². The molecular formula is C32H39F2N5O4S2. The predicted octanol–water partition coefficient (Wildman–Crippen LogP) is 6.42. The van der Waals surface area contributed by atoms with E-state index in [2.05, 4.69) is 27.1 Å². The highest BCUT2D eigenvalue weighted by Crippen LogP contribution is 2.38. The van der Waals surface area contributed by atoms with Crippen LogP contribution in [0.5, 0.6) is 0 Å². The lowest BCUT2D eigenvalue weighted by Gasteiger charge is -2.30. The highest BCUT2D eigenvalue weighted by molar-refractivity contribution is 8.82. The molecule has 242 valence electrons. The number of nitrogens with zero attached hydrogens (tertiary/aromatic N) is 3. The number of likely N-dealkylation sites (N-methyl/N-ethyl adjacent to an activating group) is 1. The maximum Gasteiger partial charge on any atom is 0.407 e. The standard InChI is InChI=1S/C32H39F2N5O4S2/c1-8-35-28(39(6)7)25(19(2)20-9-11-22(33)12-10-20)27-26-21(17-23(34)18-24(26)29(40)38-37-27)13-14-36-31(42)43-15-16-44-45-30(41)32(3,4)5/h8-12,17-19,25H,1,13-16H2,2-7H3,(H,36,42)(H,38,40)/b35-28-/t19?,25-/m1/s1. The van der Waals surface area contributed by atoms with Crippen LogP contribution in [0, 0.1) is 17.0 Å². The fraction of sp³-hybridized carbons (Fsp3) is 0.406. The van der Waals surface area contributed by atoms with E-state index in [1.165, 1.54) is 35.2 Å². The summed E-state index contributed by atoms with van der Waals surface area (Å²) in [5.41, 5.74) is 0.672. The minimum Gasteiger partial charge on any atom is -0.449 e. The van der Waals surface area contributed by atoms with Gasteiger partial charge in [0, 0.05) is 43.4 Å². The van der Waals surface area contributed by atoms with Gasteiger partial charge < -0.3 is 15.0 Å². The molecule has 45 heavy (non-hydrogen) atoms. The van der Waals surface area contributed by atoms with Crippen LogP contribution < -0.4 is 10.9 Å². The third-order valence-corrected chi connectivity index (χ3v) is 9.45. The zero-order chi connectivity index (χ0) is 33.3. The summed E-state index contributed by atoms with van der Waals surface area (Å²) in [6.45, 7) is 11.4. The topological polar surface area (TPSA) is 117 Å². The van der Waals surface area contributed by atoms with Crippen LogP contribution in [0.3, 0.4) is 0 Å². The number of H-pyrrole nitrogens is 1. The SMILES string of the molecule is C=C/N=C(/[C@@H](c1n[nH]c(=O)c2cc(F)cc(CCNC(=O)OCCSSC(=O)C(C)(C)C)c12)C(C)c1ccc(F)cc1)N(C)C. The molecule has 1 unspecified atom stereocenters. The van der Waals surface area contributed by atoms with Gasteiger partial charge in [-0.05, 0) is 58.5 Å². The van der Waals surface area contributed by atoms with Crippen LogP contribution in [0.2, 0.25) is 0 Å². The number of benzene rings is 2. The molecule has 1 heterocycles. The van der Waals surface area contributed by atoms with Crippen molar-refractivity contribution in [3.05, 3.63) is 88.0 Å². The maximum atomic E-state index is 14.8. The summed E-state index contributed by atoms with van der Waals surface area (Å²) in [5, 5.41) is 10.2. The molecule has 0 aliphatic carbocycles. The number of alkyl carbamates (subject to hydrolysis) is 1. The van der Waals surface area contributed by atoms with Gasteiger partial charge in [0.25, 0.3) is 5.56 Å². The lowest BCUT2D eigenvalue weighted by molar-refractivity contribution is -0.117. The van der Waals surface area contributed by atoms with E-state index < -0.39 is 28.8 Å². The second-order valence-corrected chi connectivity index (χ2v) is 14.0. The van der Waals surface area contributed by atoms with E-state index in [9.17, 15) is 23.2 Å². The van der Waals surface area contributed by atoms with Gasteiger partial charge in [0.05, 0.1) is 17.0 Å². The molecule has 3 rings (SSSR count). The normalized spacial score (nSPS) is 13.3. The first-order valence-electron chi connectivity index (χ1n) is 14.3. The van der Waals surface area contributed by atoms with E-state index in [0.717, 1.165) is 22.4 Å². The fourth-order valence-corrected chi connectivity index (χ4v) is 6.76. The summed E-state index contributed by atoms with van der Waals surface area (Å²) in [5.74, 6) is -0.864. The molecule has 0 saturated carbocycles. The molecule has 0 aliphatic rings. The molecule has 3 aromatic rings. The molecule has 9 nitrogen and oxygen atoms in total. The second kappa shape index (κ2) is 16.0. The Balaban J connectivity index is 1.90. The third-order valence-electron chi connectivity index (χ3n) is 6.92. The molecule has 13 heteroatoms. The zero-order valence-corrected chi connectivity index (χ0v) is 27.9. The number of amides is 1. The smallest absolute Gasteiger partial charge is 0.407 e. The Kier molecular flexibility index (Phi) is 12.7. The van der Waals surface area contributed by atoms with E-state index in [4.69, 9.17) is 4.74 Å². The predicted molar refractivity (Wildman–Crippen MR) is 179 cm³/mol. The van der Waals surface area contributed by atoms with E-state index in [-0.39, 0.29) is 41.8 Å². The summed E-state index contributed by atoms with van der Waals surface area (Å²) in [4.78, 5) is 43.6. The zero-order valence-electron chi connectivity index (χ0n) is 26.3. The highest BCUT2D eigenvalue weighted by atomic mass is 33.1. The maximum absolute atomic E-state index is 14.8. The number of nitrogens with one attached hydrogen (secondary N) is 2. The van der Waals surface area contributed by atoms with Crippen molar-refractivity contribution in [2.24, 2.45) is 10.4 Å². The first-order valence-corrected chi connectivity index (χ1v) is 16.6. The average molecular weight is 660 g/mol. The Morgan fingerprint density at radius 1 is 1.18 bits per heavy atom. The molecule has 0 radical (unpaired) electrons. The van der Waals surface area contributed by atoms with E-state index in [0.29, 0.717) is 28.2 Å². The van der Waals surface area contributed by atoms with Crippen molar-refractivity contribution in [2.75, 3.05) is 33.0 Å². The summed E-state index contributed by atoms with van der Waals surface area (Å²) >= 11 is 0. The third kappa shape index (κ3) is 9.64. The van der Waals surface area contributed by atoms with Crippen molar-refractivity contribution in [1.82, 2.24) is 20.4 Å². The number of aliphatic imine (C=N–C) groups is 1. The van der Waals surface area contributed by atoms with Crippen LogP contribution in [-0.2, 0) is 16.0 Å². The van der Waals surface area contributed by atoms with Gasteiger partial charge in [-0.2, -0.15) is 5.10 Å². The second-order valence-electron chi connectivity index (χ2n) is 11.6. The molecule has 2 aromatic carbocycles. The Morgan fingerprint density at radius 2 is 1.87 bits per heavy atom. The number of carbonyl (C=O) groups is 2. The highest BCUT2D eigenvalue weighted by Gasteiger charge is 2.32. The van der Waals surface area contributed by atoms with Crippen molar-refractivity contribution in [1.29, 1.82) is 0 Å². The van der Waals surface area contributed by atoms with Crippen LogP contribution in [0.25, 0.3) is 10.8 Å². The lowest BCUT2D eigenvalue weighted by atomic mass is 9.81. The van der Waals surface area contributed by atoms with Gasteiger partial charge in [-0.3, -0.25) is 9.59 Å². The van der Waals surface area contributed by atoms with Gasteiger partial charge in [-0.15, -0.1) is 0 Å². The number of ether oxygens (including phenoxy) is 1. The molecule has 0 saturated heterocycles. The molecule has 1 aromatic heterocycles. The number of fused-ring (bicyclic) bond motifs is 1. The Morgan fingerprint density at radius 3 is 2.49 bits per heavy atom. The molecule has 0 spiro atoms. The minimum absolute atomic E-state index is 0.0368. The number of amidine groups is 1. The molecule has 2 N–H and O–H groups in total. The Hall–Kier alpha value is -3.71. The van der Waals surface area contributed by atoms with Crippen molar-refractivity contribution >= 4 is 49.4 Å². The monoisotopic (exact) mass is 659 g/mol. The van der Waals surface area contributed by atoms with Gasteiger partial charge in [-0.25, -0.2) is 23.7 Å². The molecule has 1 amide bonds. The van der Waals surface area contributed by atoms with Crippen LogP contribution in [0.4, 0.5) is 13.6 Å². The number of halogens is 2. The first kappa shape index (κ1) is 35.8. The van der Waals surface area contributed by atoms with E-state index in [1.54, 1.807) is 12.1 Å². The van der Waals surface area contributed by atoms with Crippen LogP contribution in [0.15, 0.2) is 59.0 Å². The summed E-state index contributed by atoms with van der Waals surface area (Å²) in [6.07, 6.45) is 0.916. The van der Waals surface area contributed by atoms with Crippen molar-refractivity contribution in [2.45, 2.75) is 46.0 Å². The van der Waals surface area contributed by atoms with Gasteiger partial charge in [0.1, 0.15) is 24.1 Å². The number of hydrogen-bond acceptors (Lipinski definition) is 8. The number of hydrogen-bond donors (Lipinski definition) is 2. The quantitative estimate of drug-likeness (QED) is 0.0992. The summed E-state index contributed by atoms with van der Waals surface area (Å²) < 4.78 is 33.8. The summed E-state index contributed by atoms with van der Waals surface area (Å²) in [7, 11) is 6.07. The molecule has 0 aliphatic heterocycles. The van der Waals surface area contributed by atoms with Gasteiger partial charge >= 0.3 is 6.09 Å². The fourth-order valence-electron chi connectivity index (χ4n) is 4.64. The largest absolute Gasteiger partial charge is 0.449 e. The van der Waals surface area contributed by atoms with Gasteiger partial charge in [-0.1, -0.05) is 57.2 Å². The first-order chi connectivity index (χ1) is 21.2. The average Bonchev–Trinajstić information content (AvgIpc) is 2.97. The summed E-state index contributed by atoms with van der Waals surface area (Å²) in [6, 6.07) is 8.57. The van der Waals surface area contributed by atoms with Crippen LogP contribution in [-0.4, -0.2) is 65.1 Å². The van der Waals surface area contributed by atoms with Crippen molar-refractivity contribution in [3.8, 4) is 0 Å². The minimum atomic E-state index is -0.657. The number of carbonyl (C=O) groups excluding carboxylic acids is 2. The molecule has 2 atom stereocenters. The van der Waals surface area contributed by atoms with Crippen LogP contribution >= 0.6 is 21.6 Å². The lowest BCUT2D eigenvalue weighted by Crippen LogP contribution is -2.33. The van der Waals surface area contributed by atoms with Crippen molar-refractivity contribution < 1.29 is 23.1 Å². The van der Waals surface area contributed by atoms with Crippen LogP contribution in [0.1, 0.15) is 56.4 Å². The number of aromatic nitrogens is 2. The number of rotatable bonds is 12. The van der Waals surface area contributed by atoms with E-state index >= 15 is 0 Å².